The molecule has 2 aromatic rings. The van der Waals surface area contributed by atoms with Crippen molar-refractivity contribution < 1.29 is 19.0 Å². The summed E-state index contributed by atoms with van der Waals surface area (Å²) >= 11 is 0. The number of nitrogens with zero attached hydrogens (tertiary/aromatic N) is 2. The van der Waals surface area contributed by atoms with E-state index in [1.165, 1.54) is 0 Å². The third-order valence-corrected chi connectivity index (χ3v) is 3.75. The Morgan fingerprint density at radius 3 is 2.31 bits per heavy atom. The van der Waals surface area contributed by atoms with Gasteiger partial charge in [-0.25, -0.2) is 4.98 Å². The maximum Gasteiger partial charge on any atom is 0.231 e. The van der Waals surface area contributed by atoms with Crippen molar-refractivity contribution in [2.24, 2.45) is 0 Å². The van der Waals surface area contributed by atoms with Gasteiger partial charge in [0, 0.05) is 24.6 Å². The van der Waals surface area contributed by atoms with Crippen LogP contribution in [0, 0.1) is 0 Å². The first-order chi connectivity index (χ1) is 12.5. The number of nitrogen functional groups attached to an aromatic ring is 1. The van der Waals surface area contributed by atoms with Gasteiger partial charge in [-0.05, 0) is 24.1 Å². The van der Waals surface area contributed by atoms with Gasteiger partial charge in [-0.15, -0.1) is 0 Å². The Labute approximate surface area is 152 Å². The van der Waals surface area contributed by atoms with E-state index in [-0.39, 0.29) is 11.9 Å². The molecule has 0 saturated heterocycles. The lowest BCUT2D eigenvalue weighted by Crippen LogP contribution is -2.14. The minimum absolute atomic E-state index is 0.135. The van der Waals surface area contributed by atoms with Gasteiger partial charge in [0.15, 0.2) is 11.5 Å². The lowest BCUT2D eigenvalue weighted by Gasteiger charge is -2.14. The summed E-state index contributed by atoms with van der Waals surface area (Å²) in [5.41, 5.74) is 7.66. The first-order valence-electron chi connectivity index (χ1n) is 8.22. The Bertz CT molecular complexity index is 755. The van der Waals surface area contributed by atoms with Gasteiger partial charge in [0.25, 0.3) is 0 Å². The van der Waals surface area contributed by atoms with Crippen LogP contribution in [0.2, 0.25) is 0 Å². The van der Waals surface area contributed by atoms with Crippen molar-refractivity contribution in [1.82, 2.24) is 9.97 Å². The van der Waals surface area contributed by atoms with E-state index in [1.807, 2.05) is 19.1 Å². The van der Waals surface area contributed by atoms with Gasteiger partial charge < -0.3 is 19.9 Å². The van der Waals surface area contributed by atoms with Gasteiger partial charge >= 0.3 is 0 Å². The van der Waals surface area contributed by atoms with Crippen LogP contribution in [0.3, 0.4) is 0 Å². The van der Waals surface area contributed by atoms with Gasteiger partial charge in [0.05, 0.1) is 21.3 Å². The predicted octanol–water partition coefficient (Wildman–Crippen LogP) is 2.41. The Kier molecular flexibility index (Phi) is 6.60. The van der Waals surface area contributed by atoms with Crippen LogP contribution >= 0.6 is 0 Å². The lowest BCUT2D eigenvalue weighted by molar-refractivity contribution is -0.116. The molecule has 0 aliphatic carbocycles. The van der Waals surface area contributed by atoms with Crippen molar-refractivity contribution in [3.63, 3.8) is 0 Å². The third-order valence-electron chi connectivity index (χ3n) is 3.75. The minimum atomic E-state index is -0.135. The van der Waals surface area contributed by atoms with Gasteiger partial charge in [0.2, 0.25) is 17.6 Å². The number of amides is 1. The zero-order chi connectivity index (χ0) is 19.1. The quantitative estimate of drug-likeness (QED) is 0.744. The van der Waals surface area contributed by atoms with Crippen molar-refractivity contribution in [1.29, 1.82) is 0 Å². The lowest BCUT2D eigenvalue weighted by atomic mass is 10.1. The first-order valence-corrected chi connectivity index (χ1v) is 8.22. The Hall–Kier alpha value is -3.03. The van der Waals surface area contributed by atoms with Crippen LogP contribution in [0.15, 0.2) is 18.3 Å². The molecule has 1 heterocycles. The van der Waals surface area contributed by atoms with Crippen LogP contribution in [0.4, 0.5) is 11.8 Å². The Morgan fingerprint density at radius 1 is 1.15 bits per heavy atom. The molecule has 1 amide bonds. The molecule has 0 spiro atoms. The summed E-state index contributed by atoms with van der Waals surface area (Å²) in [6.07, 6.45) is 3.25. The number of nitrogens with one attached hydrogen (secondary N) is 1. The molecule has 26 heavy (non-hydrogen) atoms. The van der Waals surface area contributed by atoms with Crippen LogP contribution in [-0.2, 0) is 11.2 Å². The van der Waals surface area contributed by atoms with Crippen molar-refractivity contribution in [2.45, 2.75) is 26.2 Å². The third kappa shape index (κ3) is 4.53. The fraction of sp³-hybridized carbons (Fsp3) is 0.389. The molecule has 0 unspecified atom stereocenters. The molecule has 1 aromatic heterocycles. The molecule has 8 heteroatoms. The molecule has 8 nitrogen and oxygen atoms in total. The molecular weight excluding hydrogens is 336 g/mol. The molecule has 140 valence electrons. The summed E-state index contributed by atoms with van der Waals surface area (Å²) in [6, 6.07) is 3.69. The van der Waals surface area contributed by atoms with Gasteiger partial charge in [-0.2, -0.15) is 4.98 Å². The van der Waals surface area contributed by atoms with Crippen LogP contribution in [-0.4, -0.2) is 37.2 Å². The molecule has 0 aliphatic rings. The second-order valence-corrected chi connectivity index (χ2v) is 5.61. The second-order valence-electron chi connectivity index (χ2n) is 5.61. The van der Waals surface area contributed by atoms with Crippen molar-refractivity contribution in [3.05, 3.63) is 29.5 Å². The molecule has 0 atom stereocenters. The number of benzene rings is 1. The average molecular weight is 360 g/mol. The van der Waals surface area contributed by atoms with Crippen molar-refractivity contribution in [2.75, 3.05) is 32.4 Å². The van der Waals surface area contributed by atoms with Gasteiger partial charge in [-0.1, -0.05) is 6.92 Å². The number of anilines is 2. The highest BCUT2D eigenvalue weighted by molar-refractivity contribution is 5.88. The van der Waals surface area contributed by atoms with Crippen LogP contribution < -0.4 is 25.3 Å². The second kappa shape index (κ2) is 8.89. The Morgan fingerprint density at radius 2 is 1.81 bits per heavy atom. The predicted molar refractivity (Wildman–Crippen MR) is 98.9 cm³/mol. The van der Waals surface area contributed by atoms with E-state index in [0.717, 1.165) is 17.5 Å². The summed E-state index contributed by atoms with van der Waals surface area (Å²) in [7, 11) is 4.68. The minimum Gasteiger partial charge on any atom is -0.493 e. The van der Waals surface area contributed by atoms with E-state index >= 15 is 0 Å². The number of hydrogen-bond donors (Lipinski definition) is 2. The molecule has 0 aliphatic heterocycles. The number of methoxy groups -OCH3 is 3. The number of carbonyl (C=O) groups excluding carboxylic acids is 1. The Balaban J connectivity index is 2.24. The summed E-state index contributed by atoms with van der Waals surface area (Å²) in [5, 5.41) is 2.63. The first kappa shape index (κ1) is 19.3. The molecule has 1 aromatic carbocycles. The van der Waals surface area contributed by atoms with Gasteiger partial charge in [-0.3, -0.25) is 10.1 Å². The highest BCUT2D eigenvalue weighted by atomic mass is 16.5. The number of hydrogen-bond acceptors (Lipinski definition) is 7. The van der Waals surface area contributed by atoms with Crippen LogP contribution in [0.5, 0.6) is 17.2 Å². The molecule has 2 rings (SSSR count). The zero-order valence-electron chi connectivity index (χ0n) is 15.5. The summed E-state index contributed by atoms with van der Waals surface area (Å²) in [4.78, 5) is 20.0. The van der Waals surface area contributed by atoms with E-state index in [9.17, 15) is 4.79 Å². The normalized spacial score (nSPS) is 10.3. The van der Waals surface area contributed by atoms with Crippen molar-refractivity contribution >= 4 is 17.7 Å². The smallest absolute Gasteiger partial charge is 0.231 e. The number of aromatic nitrogens is 2. The van der Waals surface area contributed by atoms with Crippen LogP contribution in [0.25, 0.3) is 0 Å². The van der Waals surface area contributed by atoms with E-state index in [2.05, 4.69) is 15.3 Å². The van der Waals surface area contributed by atoms with E-state index in [4.69, 9.17) is 19.9 Å². The highest BCUT2D eigenvalue weighted by Gasteiger charge is 2.15. The molecule has 3 N–H and O–H groups in total. The SMILES string of the molecule is CCCC(=O)Nc1ncc(Cc2cc(OC)c(OC)c(OC)c2)c(N)n1. The largest absolute Gasteiger partial charge is 0.493 e. The molecule has 0 fully saturated rings. The molecule has 0 saturated carbocycles. The number of carbonyl (C=O) groups is 1. The zero-order valence-corrected chi connectivity index (χ0v) is 15.5. The van der Waals surface area contributed by atoms with Gasteiger partial charge in [0.1, 0.15) is 5.82 Å². The summed E-state index contributed by atoms with van der Waals surface area (Å²) in [6.45, 7) is 1.93. The molecule has 0 radical (unpaired) electrons. The number of nitrogens with two attached hydrogens (primary N) is 1. The molecule has 0 bridgehead atoms. The standard InChI is InChI=1S/C18H24N4O4/c1-5-6-15(23)21-18-20-10-12(17(19)22-18)7-11-8-13(24-2)16(26-4)14(9-11)25-3/h8-10H,5-7H2,1-4H3,(H3,19,20,21,22,23). The number of rotatable bonds is 8. The highest BCUT2D eigenvalue weighted by Crippen LogP contribution is 2.38. The number of ether oxygens (including phenoxy) is 3. The monoisotopic (exact) mass is 360 g/mol. The summed E-state index contributed by atoms with van der Waals surface area (Å²) < 4.78 is 16.0. The molecular formula is C18H24N4O4. The maximum absolute atomic E-state index is 11.6. The average Bonchev–Trinajstić information content (AvgIpc) is 2.63. The van der Waals surface area contributed by atoms with E-state index < -0.39 is 0 Å². The van der Waals surface area contributed by atoms with Crippen LogP contribution in [0.1, 0.15) is 30.9 Å². The van der Waals surface area contributed by atoms with E-state index in [0.29, 0.717) is 35.9 Å². The maximum atomic E-state index is 11.6. The van der Waals surface area contributed by atoms with E-state index in [1.54, 1.807) is 27.5 Å². The van der Waals surface area contributed by atoms with Crippen molar-refractivity contribution in [3.8, 4) is 17.2 Å². The fourth-order valence-corrected chi connectivity index (χ4v) is 2.49. The summed E-state index contributed by atoms with van der Waals surface area (Å²) in [5.74, 6) is 2.02. The topological polar surface area (TPSA) is 109 Å². The fourth-order valence-electron chi connectivity index (χ4n) is 2.49.